The van der Waals surface area contributed by atoms with Crippen molar-refractivity contribution in [3.63, 3.8) is 0 Å². The average molecular weight is 241 g/mol. The van der Waals surface area contributed by atoms with E-state index < -0.39 is 11.5 Å². The van der Waals surface area contributed by atoms with E-state index in [4.69, 9.17) is 5.11 Å². The predicted molar refractivity (Wildman–Crippen MR) is 66.7 cm³/mol. The van der Waals surface area contributed by atoms with E-state index in [1.807, 2.05) is 17.5 Å². The Bertz CT molecular complexity index is 344. The van der Waals surface area contributed by atoms with E-state index in [0.717, 1.165) is 0 Å². The Hall–Kier alpha value is -0.870. The van der Waals surface area contributed by atoms with Crippen LogP contribution in [0.3, 0.4) is 0 Å². The normalized spacial score (nSPS) is 14.1. The van der Waals surface area contributed by atoms with Gasteiger partial charge in [0.25, 0.3) is 0 Å². The number of hydrogen-bond donors (Lipinski definition) is 2. The second kappa shape index (κ2) is 4.97. The lowest BCUT2D eigenvalue weighted by atomic mass is 9.97. The third-order valence-corrected chi connectivity index (χ3v) is 3.52. The SMILES string of the molecule is CC(C)C(NC(C)(C)C(=O)O)c1cccs1. The number of rotatable bonds is 5. The van der Waals surface area contributed by atoms with Crippen molar-refractivity contribution >= 4 is 17.3 Å². The van der Waals surface area contributed by atoms with Gasteiger partial charge in [-0.3, -0.25) is 10.1 Å². The van der Waals surface area contributed by atoms with Gasteiger partial charge in [0.1, 0.15) is 5.54 Å². The highest BCUT2D eigenvalue weighted by Crippen LogP contribution is 2.27. The van der Waals surface area contributed by atoms with Crippen LogP contribution in [0.2, 0.25) is 0 Å². The Balaban J connectivity index is 2.86. The molecule has 0 amide bonds. The second-order valence-corrected chi connectivity index (χ2v) is 5.79. The summed E-state index contributed by atoms with van der Waals surface area (Å²) in [5, 5.41) is 14.3. The van der Waals surface area contributed by atoms with Gasteiger partial charge in [-0.05, 0) is 31.2 Å². The molecule has 3 nitrogen and oxygen atoms in total. The lowest BCUT2D eigenvalue weighted by molar-refractivity contribution is -0.143. The number of carbonyl (C=O) groups is 1. The number of nitrogens with one attached hydrogen (secondary N) is 1. The summed E-state index contributed by atoms with van der Waals surface area (Å²) in [5.74, 6) is -0.466. The Morgan fingerprint density at radius 1 is 1.50 bits per heavy atom. The second-order valence-electron chi connectivity index (χ2n) is 4.81. The number of carboxylic acids is 1. The Labute approximate surface area is 100 Å². The summed E-state index contributed by atoms with van der Waals surface area (Å²) in [6.07, 6.45) is 0. The van der Waals surface area contributed by atoms with Crippen LogP contribution in [0.15, 0.2) is 17.5 Å². The number of carboxylic acid groups (broad SMARTS) is 1. The van der Waals surface area contributed by atoms with Crippen LogP contribution in [-0.4, -0.2) is 16.6 Å². The topological polar surface area (TPSA) is 49.3 Å². The van der Waals surface area contributed by atoms with E-state index in [9.17, 15) is 4.79 Å². The van der Waals surface area contributed by atoms with Crippen molar-refractivity contribution in [1.82, 2.24) is 5.32 Å². The molecule has 0 fully saturated rings. The van der Waals surface area contributed by atoms with Gasteiger partial charge in [0.2, 0.25) is 0 Å². The van der Waals surface area contributed by atoms with Crippen molar-refractivity contribution in [2.75, 3.05) is 0 Å². The average Bonchev–Trinajstić information content (AvgIpc) is 2.66. The molecule has 0 aliphatic rings. The van der Waals surface area contributed by atoms with Crippen LogP contribution in [0.25, 0.3) is 0 Å². The van der Waals surface area contributed by atoms with Gasteiger partial charge in [0.15, 0.2) is 0 Å². The molecule has 0 bridgehead atoms. The Morgan fingerprint density at radius 2 is 2.12 bits per heavy atom. The third kappa shape index (κ3) is 3.06. The van der Waals surface area contributed by atoms with Crippen LogP contribution in [0.5, 0.6) is 0 Å². The summed E-state index contributed by atoms with van der Waals surface area (Å²) in [4.78, 5) is 12.3. The molecule has 1 atom stereocenters. The minimum Gasteiger partial charge on any atom is -0.480 e. The van der Waals surface area contributed by atoms with Gasteiger partial charge in [0, 0.05) is 10.9 Å². The maximum Gasteiger partial charge on any atom is 0.323 e. The highest BCUT2D eigenvalue weighted by Gasteiger charge is 2.31. The first-order valence-corrected chi connectivity index (χ1v) is 6.27. The van der Waals surface area contributed by atoms with Crippen LogP contribution in [0.4, 0.5) is 0 Å². The minimum atomic E-state index is -0.904. The summed E-state index contributed by atoms with van der Waals surface area (Å²) in [5.41, 5.74) is -0.904. The largest absolute Gasteiger partial charge is 0.480 e. The zero-order chi connectivity index (χ0) is 12.3. The molecule has 0 aliphatic heterocycles. The van der Waals surface area contributed by atoms with E-state index in [1.54, 1.807) is 25.2 Å². The van der Waals surface area contributed by atoms with Gasteiger partial charge in [-0.25, -0.2) is 0 Å². The summed E-state index contributed by atoms with van der Waals surface area (Å²) in [7, 11) is 0. The molecule has 0 aromatic carbocycles. The standard InChI is InChI=1S/C12H19NO2S/c1-8(2)10(9-6-5-7-16-9)13-12(3,4)11(14)15/h5-8,10,13H,1-4H3,(H,14,15). The third-order valence-electron chi connectivity index (χ3n) is 2.57. The molecule has 0 aliphatic carbocycles. The predicted octanol–water partition coefficient (Wildman–Crippen LogP) is 2.90. The van der Waals surface area contributed by atoms with Gasteiger partial charge in [-0.1, -0.05) is 19.9 Å². The maximum atomic E-state index is 11.1. The Kier molecular flexibility index (Phi) is 4.10. The highest BCUT2D eigenvalue weighted by atomic mass is 32.1. The smallest absolute Gasteiger partial charge is 0.323 e. The lowest BCUT2D eigenvalue weighted by Crippen LogP contribution is -2.49. The molecule has 16 heavy (non-hydrogen) atoms. The summed E-state index contributed by atoms with van der Waals surface area (Å²) >= 11 is 1.66. The van der Waals surface area contributed by atoms with E-state index in [1.165, 1.54) is 4.88 Å². The fourth-order valence-corrected chi connectivity index (χ4v) is 2.43. The van der Waals surface area contributed by atoms with Crippen molar-refractivity contribution in [3.8, 4) is 0 Å². The van der Waals surface area contributed by atoms with Crippen LogP contribution in [0.1, 0.15) is 38.6 Å². The molecule has 1 aromatic rings. The maximum absolute atomic E-state index is 11.1. The van der Waals surface area contributed by atoms with Gasteiger partial charge in [-0.2, -0.15) is 0 Å². The van der Waals surface area contributed by atoms with Gasteiger partial charge in [-0.15, -0.1) is 11.3 Å². The fourth-order valence-electron chi connectivity index (χ4n) is 1.49. The monoisotopic (exact) mass is 241 g/mol. The first kappa shape index (κ1) is 13.2. The molecule has 4 heteroatoms. The van der Waals surface area contributed by atoms with Crippen LogP contribution >= 0.6 is 11.3 Å². The van der Waals surface area contributed by atoms with E-state index >= 15 is 0 Å². The highest BCUT2D eigenvalue weighted by molar-refractivity contribution is 7.10. The lowest BCUT2D eigenvalue weighted by Gasteiger charge is -2.30. The number of thiophene rings is 1. The van der Waals surface area contributed by atoms with Gasteiger partial charge >= 0.3 is 5.97 Å². The van der Waals surface area contributed by atoms with E-state index in [-0.39, 0.29) is 6.04 Å². The molecule has 0 spiro atoms. The molecule has 2 N–H and O–H groups in total. The van der Waals surface area contributed by atoms with Crippen molar-refractivity contribution in [3.05, 3.63) is 22.4 Å². The Morgan fingerprint density at radius 3 is 2.50 bits per heavy atom. The van der Waals surface area contributed by atoms with E-state index in [2.05, 4.69) is 19.2 Å². The molecule has 1 aromatic heterocycles. The van der Waals surface area contributed by atoms with E-state index in [0.29, 0.717) is 5.92 Å². The molecule has 0 saturated carbocycles. The first-order valence-electron chi connectivity index (χ1n) is 5.39. The molecule has 0 saturated heterocycles. The molecule has 90 valence electrons. The molecular weight excluding hydrogens is 222 g/mol. The number of aliphatic carboxylic acids is 1. The minimum absolute atomic E-state index is 0.0890. The summed E-state index contributed by atoms with van der Waals surface area (Å²) in [6, 6.07) is 4.12. The van der Waals surface area contributed by atoms with Crippen molar-refractivity contribution in [2.24, 2.45) is 5.92 Å². The van der Waals surface area contributed by atoms with Crippen molar-refractivity contribution < 1.29 is 9.90 Å². The molecule has 0 radical (unpaired) electrons. The number of hydrogen-bond acceptors (Lipinski definition) is 3. The first-order chi connectivity index (χ1) is 7.34. The zero-order valence-electron chi connectivity index (χ0n) is 10.2. The van der Waals surface area contributed by atoms with Crippen LogP contribution < -0.4 is 5.32 Å². The summed E-state index contributed by atoms with van der Waals surface area (Å²) in [6.45, 7) is 7.57. The molecular formula is C12H19NO2S. The van der Waals surface area contributed by atoms with Crippen LogP contribution in [-0.2, 0) is 4.79 Å². The van der Waals surface area contributed by atoms with Crippen LogP contribution in [0, 0.1) is 5.92 Å². The van der Waals surface area contributed by atoms with Gasteiger partial charge in [0.05, 0.1) is 0 Å². The molecule has 1 heterocycles. The quantitative estimate of drug-likeness (QED) is 0.833. The van der Waals surface area contributed by atoms with Crippen molar-refractivity contribution in [2.45, 2.75) is 39.3 Å². The molecule has 1 unspecified atom stereocenters. The molecule has 1 rings (SSSR count). The van der Waals surface area contributed by atoms with Gasteiger partial charge < -0.3 is 5.11 Å². The zero-order valence-corrected chi connectivity index (χ0v) is 11.0. The fraction of sp³-hybridized carbons (Fsp3) is 0.583. The summed E-state index contributed by atoms with van der Waals surface area (Å²) < 4.78 is 0. The van der Waals surface area contributed by atoms with Crippen molar-refractivity contribution in [1.29, 1.82) is 0 Å².